The molecule has 3 aromatic heterocycles. The summed E-state index contributed by atoms with van der Waals surface area (Å²) in [6, 6.07) is 3.10. The van der Waals surface area contributed by atoms with Crippen LogP contribution in [0.2, 0.25) is 0 Å². The van der Waals surface area contributed by atoms with E-state index in [1.807, 2.05) is 27.1 Å². The number of aromatic nitrogens is 6. The van der Waals surface area contributed by atoms with Crippen LogP contribution in [0.5, 0.6) is 6.01 Å². The molecule has 4 rings (SSSR count). The van der Waals surface area contributed by atoms with Crippen molar-refractivity contribution in [3.8, 4) is 17.1 Å². The molecule has 0 bridgehead atoms. The standard InChI is InChI=1S/C21H25N7O3/c1-14(2)28-19(29)5-4-18(25-28)20(30)27-8-6-17(7-9-27)31-21-22-10-15(11-23-21)16-12-24-26(3)13-16/h4-5,10-14,17H,6-9H2,1-3H3. The third kappa shape index (κ3) is 4.62. The van der Waals surface area contributed by atoms with Crippen LogP contribution in [0.25, 0.3) is 11.1 Å². The minimum absolute atomic E-state index is 0.0640. The lowest BCUT2D eigenvalue weighted by atomic mass is 10.1. The SMILES string of the molecule is CC(C)n1nc(C(=O)N2CCC(Oc3ncc(-c4cnn(C)c4)cn3)CC2)ccc1=O. The third-order valence-electron chi connectivity index (χ3n) is 5.20. The van der Waals surface area contributed by atoms with E-state index in [1.165, 1.54) is 16.8 Å². The summed E-state index contributed by atoms with van der Waals surface area (Å²) >= 11 is 0. The molecule has 0 aliphatic carbocycles. The Labute approximate surface area is 179 Å². The number of piperidine rings is 1. The molecule has 0 unspecified atom stereocenters. The van der Waals surface area contributed by atoms with E-state index in [0.717, 1.165) is 11.1 Å². The van der Waals surface area contributed by atoms with E-state index in [-0.39, 0.29) is 29.3 Å². The Morgan fingerprint density at radius 1 is 1.10 bits per heavy atom. The highest BCUT2D eigenvalue weighted by atomic mass is 16.5. The van der Waals surface area contributed by atoms with Crippen molar-refractivity contribution in [1.29, 1.82) is 0 Å². The Kier molecular flexibility index (Phi) is 5.79. The number of carbonyl (C=O) groups is 1. The molecule has 0 atom stereocenters. The van der Waals surface area contributed by atoms with Crippen molar-refractivity contribution in [1.82, 2.24) is 34.4 Å². The molecule has 0 spiro atoms. The number of aryl methyl sites for hydroxylation is 1. The lowest BCUT2D eigenvalue weighted by molar-refractivity contribution is 0.0570. The topological polar surface area (TPSA) is 108 Å². The van der Waals surface area contributed by atoms with E-state index in [2.05, 4.69) is 20.2 Å². The van der Waals surface area contributed by atoms with Crippen molar-refractivity contribution in [3.05, 3.63) is 53.0 Å². The molecule has 1 aliphatic heterocycles. The second kappa shape index (κ2) is 8.66. The molecule has 1 amide bonds. The van der Waals surface area contributed by atoms with Crippen molar-refractivity contribution in [2.45, 2.75) is 38.8 Å². The lowest BCUT2D eigenvalue weighted by Crippen LogP contribution is -2.42. The Morgan fingerprint density at radius 2 is 1.81 bits per heavy atom. The fourth-order valence-electron chi connectivity index (χ4n) is 3.49. The highest BCUT2D eigenvalue weighted by Gasteiger charge is 2.26. The Morgan fingerprint density at radius 3 is 2.42 bits per heavy atom. The maximum absolute atomic E-state index is 12.8. The number of nitrogens with zero attached hydrogens (tertiary/aromatic N) is 7. The minimum atomic E-state index is -0.215. The molecule has 1 fully saturated rings. The summed E-state index contributed by atoms with van der Waals surface area (Å²) in [7, 11) is 1.86. The van der Waals surface area contributed by atoms with Gasteiger partial charge in [0.15, 0.2) is 0 Å². The molecule has 0 saturated carbocycles. The zero-order valence-corrected chi connectivity index (χ0v) is 17.8. The summed E-state index contributed by atoms with van der Waals surface area (Å²) in [5, 5.41) is 8.37. The first-order chi connectivity index (χ1) is 14.9. The number of ether oxygens (including phenoxy) is 1. The normalized spacial score (nSPS) is 14.8. The van der Waals surface area contributed by atoms with E-state index < -0.39 is 0 Å². The lowest BCUT2D eigenvalue weighted by Gasteiger charge is -2.31. The van der Waals surface area contributed by atoms with Gasteiger partial charge in [-0.1, -0.05) is 0 Å². The van der Waals surface area contributed by atoms with E-state index in [9.17, 15) is 9.59 Å². The van der Waals surface area contributed by atoms with Crippen molar-refractivity contribution < 1.29 is 9.53 Å². The second-order valence-electron chi connectivity index (χ2n) is 7.86. The van der Waals surface area contributed by atoms with Gasteiger partial charge in [0.1, 0.15) is 11.8 Å². The molecule has 31 heavy (non-hydrogen) atoms. The highest BCUT2D eigenvalue weighted by molar-refractivity contribution is 5.92. The monoisotopic (exact) mass is 423 g/mol. The van der Waals surface area contributed by atoms with Gasteiger partial charge in [-0.3, -0.25) is 14.3 Å². The molecule has 3 aromatic rings. The molecule has 0 aromatic carbocycles. The summed E-state index contributed by atoms with van der Waals surface area (Å²) < 4.78 is 8.96. The third-order valence-corrected chi connectivity index (χ3v) is 5.20. The predicted octanol–water partition coefficient (Wildman–Crippen LogP) is 1.70. The number of hydrogen-bond acceptors (Lipinski definition) is 7. The highest BCUT2D eigenvalue weighted by Crippen LogP contribution is 2.20. The quantitative estimate of drug-likeness (QED) is 0.614. The molecule has 0 N–H and O–H groups in total. The van der Waals surface area contributed by atoms with Gasteiger partial charge < -0.3 is 9.64 Å². The van der Waals surface area contributed by atoms with Gasteiger partial charge in [0.05, 0.1) is 12.2 Å². The van der Waals surface area contributed by atoms with Crippen LogP contribution in [0.1, 0.15) is 43.2 Å². The zero-order valence-electron chi connectivity index (χ0n) is 17.8. The molecule has 162 valence electrons. The minimum Gasteiger partial charge on any atom is -0.460 e. The molecular formula is C21H25N7O3. The average molecular weight is 423 g/mol. The summed E-state index contributed by atoms with van der Waals surface area (Å²) in [6.45, 7) is 4.80. The van der Waals surface area contributed by atoms with Gasteiger partial charge in [-0.15, -0.1) is 0 Å². The first-order valence-electron chi connectivity index (χ1n) is 10.3. The van der Waals surface area contributed by atoms with Crippen LogP contribution >= 0.6 is 0 Å². The largest absolute Gasteiger partial charge is 0.460 e. The number of carbonyl (C=O) groups excluding carboxylic acids is 1. The van der Waals surface area contributed by atoms with E-state index in [4.69, 9.17) is 4.74 Å². The first kappa shape index (κ1) is 20.7. The van der Waals surface area contributed by atoms with Gasteiger partial charge in [-0.2, -0.15) is 10.2 Å². The van der Waals surface area contributed by atoms with Gasteiger partial charge in [-0.25, -0.2) is 14.6 Å². The molecule has 1 saturated heterocycles. The summed E-state index contributed by atoms with van der Waals surface area (Å²) in [6.07, 6.45) is 8.36. The van der Waals surface area contributed by atoms with Gasteiger partial charge >= 0.3 is 6.01 Å². The maximum atomic E-state index is 12.8. The first-order valence-corrected chi connectivity index (χ1v) is 10.3. The van der Waals surface area contributed by atoms with Crippen LogP contribution in [0.3, 0.4) is 0 Å². The van der Waals surface area contributed by atoms with E-state index >= 15 is 0 Å². The van der Waals surface area contributed by atoms with Crippen molar-refractivity contribution in [3.63, 3.8) is 0 Å². The molecule has 4 heterocycles. The fraction of sp³-hybridized carbons (Fsp3) is 0.429. The van der Waals surface area contributed by atoms with Crippen molar-refractivity contribution in [2.24, 2.45) is 7.05 Å². The molecular weight excluding hydrogens is 398 g/mol. The summed E-state index contributed by atoms with van der Waals surface area (Å²) in [5.41, 5.74) is 1.88. The Bertz CT molecular complexity index is 1110. The smallest absolute Gasteiger partial charge is 0.316 e. The number of amides is 1. The van der Waals surface area contributed by atoms with Gasteiger partial charge in [0.25, 0.3) is 11.5 Å². The average Bonchev–Trinajstić information content (AvgIpc) is 3.21. The second-order valence-corrected chi connectivity index (χ2v) is 7.86. The van der Waals surface area contributed by atoms with Crippen molar-refractivity contribution in [2.75, 3.05) is 13.1 Å². The van der Waals surface area contributed by atoms with E-state index in [0.29, 0.717) is 31.9 Å². The Balaban J connectivity index is 1.34. The van der Waals surface area contributed by atoms with Crippen LogP contribution in [-0.4, -0.2) is 59.5 Å². The van der Waals surface area contributed by atoms with Crippen LogP contribution in [0, 0.1) is 0 Å². The predicted molar refractivity (Wildman–Crippen MR) is 113 cm³/mol. The summed E-state index contributed by atoms with van der Waals surface area (Å²) in [4.78, 5) is 35.0. The maximum Gasteiger partial charge on any atom is 0.316 e. The van der Waals surface area contributed by atoms with Crippen molar-refractivity contribution >= 4 is 5.91 Å². The fourth-order valence-corrected chi connectivity index (χ4v) is 3.49. The van der Waals surface area contributed by atoms with Crippen LogP contribution in [0.15, 0.2) is 41.7 Å². The van der Waals surface area contributed by atoms with E-state index in [1.54, 1.807) is 28.2 Å². The van der Waals surface area contributed by atoms with Crippen LogP contribution in [-0.2, 0) is 7.05 Å². The zero-order chi connectivity index (χ0) is 22.0. The van der Waals surface area contributed by atoms with Gasteiger partial charge in [-0.05, 0) is 19.9 Å². The Hall–Kier alpha value is -3.56. The van der Waals surface area contributed by atoms with Gasteiger partial charge in [0, 0.05) is 68.8 Å². The number of likely N-dealkylation sites (tertiary alicyclic amines) is 1. The molecule has 10 heteroatoms. The van der Waals surface area contributed by atoms with Crippen LogP contribution < -0.4 is 10.3 Å². The molecule has 1 aliphatic rings. The summed E-state index contributed by atoms with van der Waals surface area (Å²) in [5.74, 6) is -0.176. The van der Waals surface area contributed by atoms with Crippen LogP contribution in [0.4, 0.5) is 0 Å². The number of rotatable bonds is 5. The van der Waals surface area contributed by atoms with Gasteiger partial charge in [0.2, 0.25) is 0 Å². The molecule has 10 nitrogen and oxygen atoms in total. The number of hydrogen-bond donors (Lipinski definition) is 0. The molecule has 0 radical (unpaired) electrons.